The van der Waals surface area contributed by atoms with Gasteiger partial charge in [0.25, 0.3) is 0 Å². The van der Waals surface area contributed by atoms with E-state index in [1.165, 1.54) is 13.3 Å². The van der Waals surface area contributed by atoms with E-state index in [9.17, 15) is 4.79 Å². The fraction of sp³-hybridized carbons (Fsp3) is 0.455. The minimum absolute atomic E-state index is 0.00687. The van der Waals surface area contributed by atoms with Gasteiger partial charge in [0.2, 0.25) is 5.88 Å². The normalized spacial score (nSPS) is 16.1. The molecule has 0 saturated heterocycles. The molecule has 0 aliphatic heterocycles. The number of ether oxygens (including phenoxy) is 1. The van der Waals surface area contributed by atoms with Gasteiger partial charge in [0.1, 0.15) is 6.10 Å². The number of hydrogen-bond acceptors (Lipinski definition) is 3. The first kappa shape index (κ1) is 9.19. The largest absolute Gasteiger partial charge is 0.474 e. The highest BCUT2D eigenvalue weighted by Gasteiger charge is 2.21. The van der Waals surface area contributed by atoms with Crippen LogP contribution < -0.4 is 4.74 Å². The summed E-state index contributed by atoms with van der Waals surface area (Å²) in [6.45, 7) is 1.53. The molecule has 0 atom stereocenters. The quantitative estimate of drug-likeness (QED) is 0.687. The summed E-state index contributed by atoms with van der Waals surface area (Å²) in [5, 5.41) is 0. The van der Waals surface area contributed by atoms with Gasteiger partial charge in [-0.25, -0.2) is 4.98 Å². The van der Waals surface area contributed by atoms with Gasteiger partial charge < -0.3 is 4.74 Å². The van der Waals surface area contributed by atoms with Crippen molar-refractivity contribution in [2.45, 2.75) is 32.3 Å². The summed E-state index contributed by atoms with van der Waals surface area (Å²) in [6, 6.07) is 3.51. The van der Waals surface area contributed by atoms with E-state index in [0.29, 0.717) is 11.4 Å². The molecule has 1 aromatic rings. The maximum atomic E-state index is 11.2. The second-order valence-corrected chi connectivity index (χ2v) is 3.58. The van der Waals surface area contributed by atoms with E-state index in [1.54, 1.807) is 18.3 Å². The highest BCUT2D eigenvalue weighted by atomic mass is 16.5. The molecule has 14 heavy (non-hydrogen) atoms. The minimum atomic E-state index is 0.00687. The summed E-state index contributed by atoms with van der Waals surface area (Å²) in [6.07, 6.45) is 5.29. The third kappa shape index (κ3) is 1.76. The van der Waals surface area contributed by atoms with Crippen LogP contribution in [0.1, 0.15) is 36.5 Å². The van der Waals surface area contributed by atoms with Crippen LogP contribution in [0.5, 0.6) is 5.88 Å². The van der Waals surface area contributed by atoms with Gasteiger partial charge in [-0.15, -0.1) is 0 Å². The molecule has 1 heterocycles. The van der Waals surface area contributed by atoms with E-state index in [4.69, 9.17) is 4.74 Å². The fourth-order valence-corrected chi connectivity index (χ4v) is 1.40. The average molecular weight is 191 g/mol. The molecule has 0 radical (unpaired) electrons. The highest BCUT2D eigenvalue weighted by Crippen LogP contribution is 2.25. The molecule has 0 bridgehead atoms. The zero-order valence-corrected chi connectivity index (χ0v) is 8.19. The molecular weight excluding hydrogens is 178 g/mol. The number of carbonyl (C=O) groups excluding carboxylic acids is 1. The van der Waals surface area contributed by atoms with Crippen LogP contribution in [0.15, 0.2) is 18.3 Å². The molecule has 0 N–H and O–H groups in total. The molecule has 1 saturated carbocycles. The van der Waals surface area contributed by atoms with Crippen LogP contribution in [0.3, 0.4) is 0 Å². The molecule has 0 amide bonds. The maximum Gasteiger partial charge on any atom is 0.224 e. The Morgan fingerprint density at radius 1 is 1.57 bits per heavy atom. The van der Waals surface area contributed by atoms with Crippen LogP contribution >= 0.6 is 0 Å². The Balaban J connectivity index is 2.17. The van der Waals surface area contributed by atoms with Gasteiger partial charge in [0.05, 0.1) is 5.56 Å². The van der Waals surface area contributed by atoms with E-state index in [1.807, 2.05) is 0 Å². The number of carbonyl (C=O) groups is 1. The molecule has 1 aliphatic rings. The second-order valence-electron chi connectivity index (χ2n) is 3.58. The maximum absolute atomic E-state index is 11.2. The first-order chi connectivity index (χ1) is 6.77. The van der Waals surface area contributed by atoms with Crippen LogP contribution in [0.25, 0.3) is 0 Å². The second kappa shape index (κ2) is 3.78. The van der Waals surface area contributed by atoms with Crippen molar-refractivity contribution in [1.29, 1.82) is 0 Å². The molecule has 1 fully saturated rings. The van der Waals surface area contributed by atoms with Crippen molar-refractivity contribution in [3.63, 3.8) is 0 Å². The first-order valence-electron chi connectivity index (χ1n) is 4.90. The zero-order valence-electron chi connectivity index (χ0n) is 8.19. The molecule has 0 aromatic carbocycles. The molecule has 0 unspecified atom stereocenters. The highest BCUT2D eigenvalue weighted by molar-refractivity contribution is 5.96. The summed E-state index contributed by atoms with van der Waals surface area (Å²) in [4.78, 5) is 15.3. The van der Waals surface area contributed by atoms with Gasteiger partial charge >= 0.3 is 0 Å². The molecular formula is C11H13NO2. The van der Waals surface area contributed by atoms with Crippen molar-refractivity contribution >= 4 is 5.78 Å². The van der Waals surface area contributed by atoms with Gasteiger partial charge in [-0.05, 0) is 38.3 Å². The van der Waals surface area contributed by atoms with Crippen molar-refractivity contribution in [3.05, 3.63) is 23.9 Å². The third-order valence-corrected chi connectivity index (χ3v) is 2.48. The summed E-state index contributed by atoms with van der Waals surface area (Å²) in [5.41, 5.74) is 0.583. The van der Waals surface area contributed by atoms with Crippen molar-refractivity contribution in [2.75, 3.05) is 0 Å². The van der Waals surface area contributed by atoms with E-state index in [0.717, 1.165) is 12.8 Å². The lowest BCUT2D eigenvalue weighted by atomic mass is 9.96. The van der Waals surface area contributed by atoms with Crippen LogP contribution in [-0.2, 0) is 0 Å². The number of pyridine rings is 1. The standard InChI is InChI=1S/C11H13NO2/c1-8(13)10-6-3-7-12-11(10)14-9-4-2-5-9/h3,6-7,9H,2,4-5H2,1H3. The van der Waals surface area contributed by atoms with E-state index in [2.05, 4.69) is 4.98 Å². The Morgan fingerprint density at radius 3 is 2.93 bits per heavy atom. The van der Waals surface area contributed by atoms with E-state index in [-0.39, 0.29) is 11.9 Å². The lowest BCUT2D eigenvalue weighted by Crippen LogP contribution is -2.25. The molecule has 1 aromatic heterocycles. The monoisotopic (exact) mass is 191 g/mol. The molecule has 3 nitrogen and oxygen atoms in total. The number of ketones is 1. The number of hydrogen-bond donors (Lipinski definition) is 0. The van der Waals surface area contributed by atoms with Crippen molar-refractivity contribution in [2.24, 2.45) is 0 Å². The van der Waals surface area contributed by atoms with E-state index < -0.39 is 0 Å². The third-order valence-electron chi connectivity index (χ3n) is 2.48. The summed E-state index contributed by atoms with van der Waals surface area (Å²) >= 11 is 0. The first-order valence-corrected chi connectivity index (χ1v) is 4.90. The van der Waals surface area contributed by atoms with Gasteiger partial charge in [0, 0.05) is 6.20 Å². The van der Waals surface area contributed by atoms with Gasteiger partial charge in [-0.2, -0.15) is 0 Å². The topological polar surface area (TPSA) is 39.2 Å². The summed E-state index contributed by atoms with van der Waals surface area (Å²) in [5.74, 6) is 0.497. The number of Topliss-reactive ketones (excluding diaryl/α,β-unsaturated/α-hetero) is 1. The van der Waals surface area contributed by atoms with Crippen molar-refractivity contribution in [1.82, 2.24) is 4.98 Å². The average Bonchev–Trinajstić information content (AvgIpc) is 2.12. The molecule has 74 valence electrons. The van der Waals surface area contributed by atoms with Crippen LogP contribution in [0.2, 0.25) is 0 Å². The minimum Gasteiger partial charge on any atom is -0.474 e. The van der Waals surface area contributed by atoms with Gasteiger partial charge in [0.15, 0.2) is 5.78 Å². The smallest absolute Gasteiger partial charge is 0.224 e. The SMILES string of the molecule is CC(=O)c1cccnc1OC1CCC1. The number of rotatable bonds is 3. The molecule has 0 spiro atoms. The lowest BCUT2D eigenvalue weighted by Gasteiger charge is -2.26. The Labute approximate surface area is 83.1 Å². The molecule has 3 heteroatoms. The Hall–Kier alpha value is -1.38. The predicted octanol–water partition coefficient (Wildman–Crippen LogP) is 2.22. The Morgan fingerprint density at radius 2 is 2.36 bits per heavy atom. The summed E-state index contributed by atoms with van der Waals surface area (Å²) < 4.78 is 5.61. The Kier molecular flexibility index (Phi) is 2.48. The van der Waals surface area contributed by atoms with Gasteiger partial charge in [-0.1, -0.05) is 0 Å². The van der Waals surface area contributed by atoms with E-state index >= 15 is 0 Å². The fourth-order valence-electron chi connectivity index (χ4n) is 1.40. The predicted molar refractivity (Wildman–Crippen MR) is 52.5 cm³/mol. The van der Waals surface area contributed by atoms with Crippen molar-refractivity contribution in [3.8, 4) is 5.88 Å². The van der Waals surface area contributed by atoms with Gasteiger partial charge in [-0.3, -0.25) is 4.79 Å². The molecule has 1 aliphatic carbocycles. The Bertz CT molecular complexity index is 345. The van der Waals surface area contributed by atoms with Crippen LogP contribution in [-0.4, -0.2) is 16.9 Å². The van der Waals surface area contributed by atoms with Crippen LogP contribution in [0.4, 0.5) is 0 Å². The number of aromatic nitrogens is 1. The lowest BCUT2D eigenvalue weighted by molar-refractivity contribution is 0.0972. The zero-order chi connectivity index (χ0) is 9.97. The van der Waals surface area contributed by atoms with Crippen molar-refractivity contribution < 1.29 is 9.53 Å². The summed E-state index contributed by atoms with van der Waals surface area (Å²) in [7, 11) is 0. The van der Waals surface area contributed by atoms with Crippen LogP contribution in [0, 0.1) is 0 Å². The molecule has 2 rings (SSSR count). The number of nitrogens with zero attached hydrogens (tertiary/aromatic N) is 1.